The predicted molar refractivity (Wildman–Crippen MR) is 135 cm³/mol. The summed E-state index contributed by atoms with van der Waals surface area (Å²) in [7, 11) is -0.0356. The molecule has 35 heavy (non-hydrogen) atoms. The first kappa shape index (κ1) is 25.7. The molecule has 0 aliphatic carbocycles. The van der Waals surface area contributed by atoms with Crippen LogP contribution >= 0.6 is 11.3 Å². The van der Waals surface area contributed by atoms with E-state index in [-0.39, 0.29) is 16.7 Å². The molecule has 1 aromatic carbocycles. The average Bonchev–Trinajstić information content (AvgIpc) is 3.23. The second-order valence-corrected chi connectivity index (χ2v) is 12.3. The molecule has 0 bridgehead atoms. The maximum absolute atomic E-state index is 13.0. The van der Waals surface area contributed by atoms with E-state index < -0.39 is 10.0 Å². The van der Waals surface area contributed by atoms with Crippen LogP contribution in [0.5, 0.6) is 0 Å². The number of thiazole rings is 1. The quantitative estimate of drug-likeness (QED) is 0.581. The topological polar surface area (TPSA) is 94.1 Å². The van der Waals surface area contributed by atoms with Gasteiger partial charge in [-0.1, -0.05) is 6.42 Å². The van der Waals surface area contributed by atoms with Crippen molar-refractivity contribution in [2.45, 2.75) is 37.6 Å². The van der Waals surface area contributed by atoms with Crippen LogP contribution in [-0.2, 0) is 16.6 Å². The number of hydrogen-bond donors (Lipinski definition) is 0. The summed E-state index contributed by atoms with van der Waals surface area (Å²) in [5.74, 6) is -0.119. The monoisotopic (exact) mass is 519 g/mol. The minimum atomic E-state index is -3.51. The molecular formula is C24H33N5O4S2. The third kappa shape index (κ3) is 5.74. The van der Waals surface area contributed by atoms with Gasteiger partial charge >= 0.3 is 0 Å². The van der Waals surface area contributed by atoms with E-state index in [9.17, 15) is 18.0 Å². The van der Waals surface area contributed by atoms with Crippen LogP contribution in [0, 0.1) is 6.92 Å². The SMILES string of the molecule is Cc1nc(CN2CCN(C(=O)c3ccc(S(=O)(=O)N4CCCCC4)cc3)CC2)sc1C(=O)N(C)C. The summed E-state index contributed by atoms with van der Waals surface area (Å²) >= 11 is 1.43. The summed E-state index contributed by atoms with van der Waals surface area (Å²) < 4.78 is 27.2. The lowest BCUT2D eigenvalue weighted by molar-refractivity contribution is 0.0628. The van der Waals surface area contributed by atoms with Gasteiger partial charge in [0.1, 0.15) is 9.88 Å². The van der Waals surface area contributed by atoms with Crippen LogP contribution in [0.3, 0.4) is 0 Å². The van der Waals surface area contributed by atoms with Crippen molar-refractivity contribution in [3.8, 4) is 0 Å². The molecule has 4 rings (SSSR count). The molecule has 11 heteroatoms. The van der Waals surface area contributed by atoms with Gasteiger partial charge in [-0.3, -0.25) is 14.5 Å². The highest BCUT2D eigenvalue weighted by molar-refractivity contribution is 7.89. The van der Waals surface area contributed by atoms with E-state index in [1.165, 1.54) is 15.6 Å². The highest BCUT2D eigenvalue weighted by Gasteiger charge is 2.27. The molecule has 0 atom stereocenters. The van der Waals surface area contributed by atoms with E-state index in [2.05, 4.69) is 9.88 Å². The number of nitrogens with zero attached hydrogens (tertiary/aromatic N) is 5. The van der Waals surface area contributed by atoms with Crippen LogP contribution in [0.2, 0.25) is 0 Å². The van der Waals surface area contributed by atoms with Crippen LogP contribution in [-0.4, -0.2) is 97.6 Å². The molecular weight excluding hydrogens is 486 g/mol. The Morgan fingerprint density at radius 1 is 0.971 bits per heavy atom. The summed E-state index contributed by atoms with van der Waals surface area (Å²) in [6.45, 7) is 6.21. The highest BCUT2D eigenvalue weighted by atomic mass is 32.2. The zero-order chi connectivity index (χ0) is 25.2. The van der Waals surface area contributed by atoms with E-state index in [1.807, 2.05) is 6.92 Å². The third-order valence-electron chi connectivity index (χ3n) is 6.51. The second kappa shape index (κ2) is 10.7. The van der Waals surface area contributed by atoms with Gasteiger partial charge in [0.25, 0.3) is 11.8 Å². The Labute approximate surface area is 211 Å². The van der Waals surface area contributed by atoms with Crippen molar-refractivity contribution in [2.24, 2.45) is 0 Å². The zero-order valence-corrected chi connectivity index (χ0v) is 22.2. The van der Waals surface area contributed by atoms with Gasteiger partial charge in [-0.25, -0.2) is 13.4 Å². The van der Waals surface area contributed by atoms with Crippen LogP contribution in [0.25, 0.3) is 0 Å². The third-order valence-corrected chi connectivity index (χ3v) is 9.56. The molecule has 0 radical (unpaired) electrons. The minimum Gasteiger partial charge on any atom is -0.344 e. The van der Waals surface area contributed by atoms with E-state index in [1.54, 1.807) is 48.2 Å². The van der Waals surface area contributed by atoms with Crippen molar-refractivity contribution >= 4 is 33.2 Å². The summed E-state index contributed by atoms with van der Waals surface area (Å²) in [4.78, 5) is 36.4. The van der Waals surface area contributed by atoms with Crippen LogP contribution in [0.1, 0.15) is 50.0 Å². The largest absolute Gasteiger partial charge is 0.344 e. The van der Waals surface area contributed by atoms with Crippen LogP contribution < -0.4 is 0 Å². The number of amides is 2. The number of sulfonamides is 1. The maximum Gasteiger partial charge on any atom is 0.265 e. The summed E-state index contributed by atoms with van der Waals surface area (Å²) in [5, 5.41) is 0.901. The van der Waals surface area contributed by atoms with Gasteiger partial charge < -0.3 is 9.80 Å². The first-order valence-electron chi connectivity index (χ1n) is 12.0. The molecule has 2 fully saturated rings. The van der Waals surface area contributed by atoms with E-state index in [0.29, 0.717) is 56.3 Å². The summed E-state index contributed by atoms with van der Waals surface area (Å²) in [6.07, 6.45) is 2.84. The van der Waals surface area contributed by atoms with E-state index >= 15 is 0 Å². The first-order valence-corrected chi connectivity index (χ1v) is 14.2. The molecule has 2 aromatic rings. The number of benzene rings is 1. The first-order chi connectivity index (χ1) is 16.7. The Morgan fingerprint density at radius 2 is 1.60 bits per heavy atom. The number of aromatic nitrogens is 1. The molecule has 0 unspecified atom stereocenters. The molecule has 3 heterocycles. The van der Waals surface area contributed by atoms with Crippen molar-refractivity contribution in [2.75, 3.05) is 53.4 Å². The van der Waals surface area contributed by atoms with Gasteiger partial charge in [0.2, 0.25) is 10.0 Å². The van der Waals surface area contributed by atoms with Gasteiger partial charge in [-0.2, -0.15) is 4.31 Å². The Hall–Kier alpha value is -2.34. The fraction of sp³-hybridized carbons (Fsp3) is 0.542. The number of rotatable bonds is 6. The molecule has 9 nitrogen and oxygen atoms in total. The lowest BCUT2D eigenvalue weighted by atomic mass is 10.2. The van der Waals surface area contributed by atoms with Crippen molar-refractivity contribution in [1.29, 1.82) is 0 Å². The van der Waals surface area contributed by atoms with E-state index in [4.69, 9.17) is 0 Å². The van der Waals surface area contributed by atoms with Crippen molar-refractivity contribution in [1.82, 2.24) is 24.0 Å². The maximum atomic E-state index is 13.0. The molecule has 2 aliphatic rings. The Balaban J connectivity index is 1.33. The predicted octanol–water partition coefficient (Wildman–Crippen LogP) is 2.29. The molecule has 2 aliphatic heterocycles. The minimum absolute atomic E-state index is 0.0311. The van der Waals surface area contributed by atoms with Crippen molar-refractivity contribution in [3.05, 3.63) is 45.4 Å². The lowest BCUT2D eigenvalue weighted by Gasteiger charge is -2.34. The zero-order valence-electron chi connectivity index (χ0n) is 20.6. The number of carbonyl (C=O) groups is 2. The summed E-state index contributed by atoms with van der Waals surface area (Å²) in [5.41, 5.74) is 1.25. The van der Waals surface area contributed by atoms with Gasteiger partial charge in [-0.15, -0.1) is 11.3 Å². The fourth-order valence-electron chi connectivity index (χ4n) is 4.43. The second-order valence-electron chi connectivity index (χ2n) is 9.28. The number of carbonyl (C=O) groups excluding carboxylic acids is 2. The lowest BCUT2D eigenvalue weighted by Crippen LogP contribution is -2.48. The van der Waals surface area contributed by atoms with E-state index in [0.717, 1.165) is 30.0 Å². The Kier molecular flexibility index (Phi) is 7.89. The van der Waals surface area contributed by atoms with Gasteiger partial charge in [0.15, 0.2) is 0 Å². The summed E-state index contributed by atoms with van der Waals surface area (Å²) in [6, 6.07) is 6.33. The number of piperazine rings is 1. The molecule has 0 N–H and O–H groups in total. The highest BCUT2D eigenvalue weighted by Crippen LogP contribution is 2.23. The Bertz CT molecular complexity index is 1160. The number of piperidine rings is 1. The van der Waals surface area contributed by atoms with Crippen molar-refractivity contribution < 1.29 is 18.0 Å². The van der Waals surface area contributed by atoms with Crippen LogP contribution in [0.4, 0.5) is 0 Å². The normalized spacial score (nSPS) is 18.0. The van der Waals surface area contributed by atoms with Gasteiger partial charge in [0.05, 0.1) is 17.1 Å². The smallest absolute Gasteiger partial charge is 0.265 e. The van der Waals surface area contributed by atoms with Gasteiger partial charge in [-0.05, 0) is 44.0 Å². The average molecular weight is 520 g/mol. The fourth-order valence-corrected chi connectivity index (χ4v) is 7.07. The molecule has 0 saturated carbocycles. The number of aryl methyl sites for hydroxylation is 1. The van der Waals surface area contributed by atoms with Crippen molar-refractivity contribution in [3.63, 3.8) is 0 Å². The molecule has 190 valence electrons. The number of hydrogen-bond acceptors (Lipinski definition) is 7. The molecule has 1 aromatic heterocycles. The molecule has 0 spiro atoms. The van der Waals surface area contributed by atoms with Crippen LogP contribution in [0.15, 0.2) is 29.2 Å². The molecule has 2 amide bonds. The Morgan fingerprint density at radius 3 is 2.20 bits per heavy atom. The van der Waals surface area contributed by atoms with Gasteiger partial charge in [0, 0.05) is 58.9 Å². The molecule has 2 saturated heterocycles. The standard InChI is InChI=1S/C24H33N5O4S2/c1-18-22(24(31)26(2)3)34-21(25-18)17-27-13-15-28(16-14-27)23(30)19-7-9-20(10-8-19)35(32,33)29-11-5-4-6-12-29/h7-10H,4-6,11-17H2,1-3H3.